The van der Waals surface area contributed by atoms with Gasteiger partial charge in [0.2, 0.25) is 5.75 Å². The number of carbonyl (C=O) groups excluding carboxylic acids is 1. The van der Waals surface area contributed by atoms with Gasteiger partial charge in [-0.25, -0.2) is 0 Å². The minimum Gasteiger partial charge on any atom is -0.500 e. The maximum Gasteiger partial charge on any atom is 0.318 e. The van der Waals surface area contributed by atoms with Gasteiger partial charge in [-0.2, -0.15) is 0 Å². The van der Waals surface area contributed by atoms with Crippen molar-refractivity contribution in [3.05, 3.63) is 63.2 Å². The number of hydrogen-bond acceptors (Lipinski definition) is 5. The summed E-state index contributed by atoms with van der Waals surface area (Å²) in [6.07, 6.45) is 2.06. The quantitative estimate of drug-likeness (QED) is 0.495. The molecule has 1 aliphatic carbocycles. The molecule has 1 unspecified atom stereocenters. The molecule has 2 aromatic rings. The van der Waals surface area contributed by atoms with Crippen LogP contribution in [0.4, 0.5) is 5.69 Å². The van der Waals surface area contributed by atoms with Crippen LogP contribution in [0.5, 0.6) is 11.5 Å². The van der Waals surface area contributed by atoms with E-state index in [2.05, 4.69) is 0 Å². The Morgan fingerprint density at radius 3 is 2.65 bits per heavy atom. The predicted octanol–water partition coefficient (Wildman–Crippen LogP) is 4.13. The summed E-state index contributed by atoms with van der Waals surface area (Å²) in [4.78, 5) is 22.7. The van der Waals surface area contributed by atoms with Crippen molar-refractivity contribution in [1.29, 1.82) is 0 Å². The lowest BCUT2D eigenvalue weighted by Gasteiger charge is -2.36. The van der Waals surface area contributed by atoms with Crippen molar-refractivity contribution in [3.63, 3.8) is 0 Å². The molecular weight excluding hydrogens is 334 g/mol. The van der Waals surface area contributed by atoms with Crippen LogP contribution in [0.3, 0.4) is 0 Å². The van der Waals surface area contributed by atoms with Crippen molar-refractivity contribution in [1.82, 2.24) is 0 Å². The number of nitro benzene ring substituents is 1. The normalized spacial score (nSPS) is 18.0. The lowest BCUT2D eigenvalue weighted by Crippen LogP contribution is -2.30. The summed E-state index contributed by atoms with van der Waals surface area (Å²) in [5.74, 6) is -1.08. The molecule has 0 spiro atoms. The SMILES string of the molecule is CC1(C)CCc2cc(OCc3ccccc3)c(O)c([N+](=O)[O-])c2C1C=O. The predicted molar refractivity (Wildman–Crippen MR) is 96.4 cm³/mol. The van der Waals surface area contributed by atoms with E-state index in [1.54, 1.807) is 6.07 Å². The number of rotatable bonds is 5. The average molecular weight is 355 g/mol. The van der Waals surface area contributed by atoms with Gasteiger partial charge in [-0.15, -0.1) is 0 Å². The summed E-state index contributed by atoms with van der Waals surface area (Å²) in [7, 11) is 0. The summed E-state index contributed by atoms with van der Waals surface area (Å²) in [6.45, 7) is 4.01. The van der Waals surface area contributed by atoms with E-state index in [1.165, 1.54) is 0 Å². The van der Waals surface area contributed by atoms with E-state index < -0.39 is 27.7 Å². The van der Waals surface area contributed by atoms with Gasteiger partial charge in [0.15, 0.2) is 5.75 Å². The second kappa shape index (κ2) is 6.78. The highest BCUT2D eigenvalue weighted by molar-refractivity contribution is 5.74. The van der Waals surface area contributed by atoms with E-state index in [9.17, 15) is 20.0 Å². The van der Waals surface area contributed by atoms with Crippen LogP contribution in [0.25, 0.3) is 0 Å². The van der Waals surface area contributed by atoms with E-state index in [4.69, 9.17) is 4.74 Å². The molecule has 1 aliphatic rings. The molecule has 0 radical (unpaired) electrons. The Kier molecular flexibility index (Phi) is 4.68. The largest absolute Gasteiger partial charge is 0.500 e. The van der Waals surface area contributed by atoms with Gasteiger partial charge >= 0.3 is 5.69 Å². The fourth-order valence-electron chi connectivity index (χ4n) is 3.54. The number of aldehydes is 1. The molecule has 1 N–H and O–H groups in total. The Bertz CT molecular complexity index is 845. The molecule has 26 heavy (non-hydrogen) atoms. The molecule has 1 atom stereocenters. The Morgan fingerprint density at radius 2 is 2.04 bits per heavy atom. The molecule has 6 heteroatoms. The van der Waals surface area contributed by atoms with E-state index >= 15 is 0 Å². The second-order valence-electron chi connectivity index (χ2n) is 7.28. The third kappa shape index (κ3) is 3.14. The summed E-state index contributed by atoms with van der Waals surface area (Å²) in [5.41, 5.74) is 1.06. The first-order valence-electron chi connectivity index (χ1n) is 8.50. The standard InChI is InChI=1S/C20H21NO5/c1-20(2)9-8-14-10-16(26-12-13-6-4-3-5-7-13)19(23)18(21(24)25)17(14)15(20)11-22/h3-7,10-11,15,23H,8-9,12H2,1-2H3. The third-order valence-electron chi connectivity index (χ3n) is 5.11. The molecule has 136 valence electrons. The van der Waals surface area contributed by atoms with Crippen molar-refractivity contribution >= 4 is 12.0 Å². The van der Waals surface area contributed by atoms with Crippen LogP contribution < -0.4 is 4.74 Å². The van der Waals surface area contributed by atoms with Gasteiger partial charge in [-0.05, 0) is 35.4 Å². The highest BCUT2D eigenvalue weighted by Gasteiger charge is 2.42. The molecule has 0 saturated heterocycles. The van der Waals surface area contributed by atoms with Gasteiger partial charge < -0.3 is 14.6 Å². The molecule has 0 heterocycles. The first-order valence-corrected chi connectivity index (χ1v) is 8.50. The topological polar surface area (TPSA) is 89.7 Å². The fourth-order valence-corrected chi connectivity index (χ4v) is 3.54. The zero-order chi connectivity index (χ0) is 18.9. The van der Waals surface area contributed by atoms with Crippen LogP contribution in [0, 0.1) is 15.5 Å². The van der Waals surface area contributed by atoms with Crippen molar-refractivity contribution in [2.24, 2.45) is 5.41 Å². The van der Waals surface area contributed by atoms with Crippen molar-refractivity contribution in [3.8, 4) is 11.5 Å². The molecule has 0 saturated carbocycles. The van der Waals surface area contributed by atoms with Gasteiger partial charge in [0.25, 0.3) is 0 Å². The zero-order valence-corrected chi connectivity index (χ0v) is 14.8. The van der Waals surface area contributed by atoms with Gasteiger partial charge in [0, 0.05) is 5.56 Å². The van der Waals surface area contributed by atoms with Crippen LogP contribution in [0.1, 0.15) is 42.9 Å². The Morgan fingerprint density at radius 1 is 1.35 bits per heavy atom. The number of carbonyl (C=O) groups is 1. The highest BCUT2D eigenvalue weighted by atomic mass is 16.6. The number of fused-ring (bicyclic) bond motifs is 1. The molecule has 0 fully saturated rings. The number of nitrogens with zero attached hydrogens (tertiary/aromatic N) is 1. The number of nitro groups is 1. The zero-order valence-electron chi connectivity index (χ0n) is 14.8. The Labute approximate surface area is 151 Å². The lowest BCUT2D eigenvalue weighted by atomic mass is 9.66. The number of phenolic OH excluding ortho intramolecular Hbond substituents is 1. The van der Waals surface area contributed by atoms with Crippen molar-refractivity contribution in [2.75, 3.05) is 0 Å². The van der Waals surface area contributed by atoms with Crippen LogP contribution >= 0.6 is 0 Å². The number of ether oxygens (including phenoxy) is 1. The summed E-state index contributed by atoms with van der Waals surface area (Å²) in [6, 6.07) is 11.0. The van der Waals surface area contributed by atoms with Gasteiger partial charge in [0.1, 0.15) is 12.9 Å². The van der Waals surface area contributed by atoms with Crippen molar-refractivity contribution in [2.45, 2.75) is 39.2 Å². The van der Waals surface area contributed by atoms with Gasteiger partial charge in [-0.1, -0.05) is 44.2 Å². The van der Waals surface area contributed by atoms with Crippen LogP contribution in [-0.2, 0) is 17.8 Å². The van der Waals surface area contributed by atoms with Crippen molar-refractivity contribution < 1.29 is 19.6 Å². The number of aromatic hydroxyl groups is 1. The number of benzene rings is 2. The molecule has 0 aromatic heterocycles. The maximum absolute atomic E-state index is 11.7. The van der Waals surface area contributed by atoms with E-state index in [0.29, 0.717) is 17.5 Å². The smallest absolute Gasteiger partial charge is 0.318 e. The molecular formula is C20H21NO5. The van der Waals surface area contributed by atoms with Crippen LogP contribution in [0.2, 0.25) is 0 Å². The molecule has 0 aliphatic heterocycles. The van der Waals surface area contributed by atoms with E-state index in [0.717, 1.165) is 18.3 Å². The molecule has 6 nitrogen and oxygen atoms in total. The van der Waals surface area contributed by atoms with E-state index in [-0.39, 0.29) is 12.4 Å². The highest BCUT2D eigenvalue weighted by Crippen LogP contribution is 2.52. The summed E-state index contributed by atoms with van der Waals surface area (Å²) in [5, 5.41) is 22.2. The monoisotopic (exact) mass is 355 g/mol. The minimum absolute atomic E-state index is 0.0728. The molecule has 0 bridgehead atoms. The number of aryl methyl sites for hydroxylation is 1. The first kappa shape index (κ1) is 17.9. The van der Waals surface area contributed by atoms with E-state index in [1.807, 2.05) is 44.2 Å². The Hall–Kier alpha value is -2.89. The molecule has 3 rings (SSSR count). The summed E-state index contributed by atoms with van der Waals surface area (Å²) < 4.78 is 5.66. The van der Waals surface area contributed by atoms with Crippen LogP contribution in [0.15, 0.2) is 36.4 Å². The van der Waals surface area contributed by atoms with Gasteiger partial charge in [0.05, 0.1) is 10.8 Å². The number of phenols is 1. The van der Waals surface area contributed by atoms with Gasteiger partial charge in [-0.3, -0.25) is 10.1 Å². The third-order valence-corrected chi connectivity index (χ3v) is 5.11. The minimum atomic E-state index is -0.638. The molecule has 2 aromatic carbocycles. The second-order valence-corrected chi connectivity index (χ2v) is 7.28. The van der Waals surface area contributed by atoms with Crippen LogP contribution in [-0.4, -0.2) is 16.3 Å². The fraction of sp³-hybridized carbons (Fsp3) is 0.350. The Balaban J connectivity index is 2.06. The first-order chi connectivity index (χ1) is 12.3. The average Bonchev–Trinajstić information content (AvgIpc) is 2.60. The lowest BCUT2D eigenvalue weighted by molar-refractivity contribution is -0.387. The maximum atomic E-state index is 11.7. The summed E-state index contributed by atoms with van der Waals surface area (Å²) >= 11 is 0. The molecule has 0 amide bonds. The number of hydrogen-bond donors (Lipinski definition) is 1.